The second kappa shape index (κ2) is 6.44. The van der Waals surface area contributed by atoms with Gasteiger partial charge in [-0.15, -0.1) is 10.2 Å². The first-order valence-corrected chi connectivity index (χ1v) is 8.59. The van der Waals surface area contributed by atoms with Crippen molar-refractivity contribution >= 4 is 0 Å². The Morgan fingerprint density at radius 2 is 2.12 bits per heavy atom. The summed E-state index contributed by atoms with van der Waals surface area (Å²) in [5.41, 5.74) is 0.992. The van der Waals surface area contributed by atoms with Crippen LogP contribution in [-0.4, -0.2) is 42.4 Å². The molecule has 0 aliphatic carbocycles. The number of rotatable bonds is 5. The Bertz CT molecular complexity index is 864. The zero-order valence-electron chi connectivity index (χ0n) is 14.8. The summed E-state index contributed by atoms with van der Waals surface area (Å²) in [5.74, 6) is 3.47. The molecule has 1 aliphatic heterocycles. The maximum atomic E-state index is 5.80. The van der Waals surface area contributed by atoms with Crippen LogP contribution in [0.25, 0.3) is 11.7 Å². The zero-order chi connectivity index (χ0) is 17.4. The Morgan fingerprint density at radius 1 is 1.24 bits per heavy atom. The number of hydrogen-bond donors (Lipinski definition) is 0. The minimum atomic E-state index is 0.403. The number of nitrogens with zero attached hydrogens (tertiary/aromatic N) is 6. The molecule has 0 amide bonds. The van der Waals surface area contributed by atoms with Crippen LogP contribution in [0.3, 0.4) is 0 Å². The lowest BCUT2D eigenvalue weighted by molar-refractivity contribution is 0.199. The van der Waals surface area contributed by atoms with Gasteiger partial charge in [-0.05, 0) is 46.2 Å². The van der Waals surface area contributed by atoms with E-state index >= 15 is 0 Å². The first-order valence-electron chi connectivity index (χ1n) is 8.59. The fourth-order valence-electron chi connectivity index (χ4n) is 3.42. The number of aromatic nitrogens is 5. The molecule has 1 unspecified atom stereocenters. The fourth-order valence-corrected chi connectivity index (χ4v) is 3.42. The molecule has 4 rings (SSSR count). The van der Waals surface area contributed by atoms with Gasteiger partial charge in [0.25, 0.3) is 5.89 Å². The van der Waals surface area contributed by atoms with Crippen molar-refractivity contribution in [3.63, 3.8) is 0 Å². The lowest BCUT2D eigenvalue weighted by atomic mass is 10.2. The van der Waals surface area contributed by atoms with Crippen LogP contribution in [0.1, 0.15) is 35.9 Å². The van der Waals surface area contributed by atoms with Gasteiger partial charge in [0.1, 0.15) is 11.6 Å². The zero-order valence-corrected chi connectivity index (χ0v) is 14.8. The van der Waals surface area contributed by atoms with Gasteiger partial charge in [-0.2, -0.15) is 5.10 Å². The summed E-state index contributed by atoms with van der Waals surface area (Å²) in [5, 5.41) is 12.8. The minimum absolute atomic E-state index is 0.403. The van der Waals surface area contributed by atoms with Crippen molar-refractivity contribution in [3.8, 4) is 11.7 Å². The van der Waals surface area contributed by atoms with Gasteiger partial charge in [0.15, 0.2) is 5.76 Å². The molecule has 0 N–H and O–H groups in total. The topological polar surface area (TPSA) is 86.0 Å². The molecule has 0 saturated carbocycles. The molecule has 1 atom stereocenters. The van der Waals surface area contributed by atoms with Gasteiger partial charge < -0.3 is 8.83 Å². The van der Waals surface area contributed by atoms with Crippen molar-refractivity contribution in [2.75, 3.05) is 6.54 Å². The van der Waals surface area contributed by atoms with Crippen molar-refractivity contribution in [1.29, 1.82) is 0 Å². The fraction of sp³-hybridized carbons (Fsp3) is 0.529. The van der Waals surface area contributed by atoms with Crippen LogP contribution in [0.2, 0.25) is 0 Å². The molecular formula is C17H22N6O2. The van der Waals surface area contributed by atoms with E-state index in [2.05, 4.69) is 25.2 Å². The molecule has 3 aromatic heterocycles. The Hall–Kier alpha value is -2.48. The van der Waals surface area contributed by atoms with E-state index in [1.54, 1.807) is 6.26 Å². The predicted octanol–water partition coefficient (Wildman–Crippen LogP) is 2.51. The van der Waals surface area contributed by atoms with E-state index in [0.29, 0.717) is 30.1 Å². The molecule has 8 heteroatoms. The molecule has 132 valence electrons. The monoisotopic (exact) mass is 342 g/mol. The molecule has 1 fully saturated rings. The van der Waals surface area contributed by atoms with E-state index in [4.69, 9.17) is 8.83 Å². The van der Waals surface area contributed by atoms with E-state index in [9.17, 15) is 0 Å². The first-order chi connectivity index (χ1) is 12.1. The molecule has 0 aromatic carbocycles. The SMILES string of the molecule is Cc1nc(C)n(CC2CCCN2Cc2nnc(-c3occc3C)o2)n1. The highest BCUT2D eigenvalue weighted by Crippen LogP contribution is 2.25. The lowest BCUT2D eigenvalue weighted by Gasteiger charge is -2.22. The van der Waals surface area contributed by atoms with Crippen molar-refractivity contribution in [2.24, 2.45) is 0 Å². The summed E-state index contributed by atoms with van der Waals surface area (Å²) < 4.78 is 13.2. The quantitative estimate of drug-likeness (QED) is 0.704. The van der Waals surface area contributed by atoms with E-state index in [0.717, 1.165) is 43.1 Å². The highest BCUT2D eigenvalue weighted by Gasteiger charge is 2.27. The summed E-state index contributed by atoms with van der Waals surface area (Å²) in [6.45, 7) is 8.38. The van der Waals surface area contributed by atoms with E-state index in [-0.39, 0.29) is 0 Å². The summed E-state index contributed by atoms with van der Waals surface area (Å²) in [7, 11) is 0. The number of likely N-dealkylation sites (tertiary alicyclic amines) is 1. The van der Waals surface area contributed by atoms with Crippen LogP contribution in [0.15, 0.2) is 21.2 Å². The van der Waals surface area contributed by atoms with E-state index in [1.807, 2.05) is 31.5 Å². The Labute approximate surface area is 145 Å². The maximum absolute atomic E-state index is 5.80. The third kappa shape index (κ3) is 3.21. The summed E-state index contributed by atoms with van der Waals surface area (Å²) in [4.78, 5) is 6.76. The van der Waals surface area contributed by atoms with Crippen molar-refractivity contribution in [1.82, 2.24) is 29.9 Å². The second-order valence-corrected chi connectivity index (χ2v) is 6.59. The Kier molecular flexibility index (Phi) is 4.12. The van der Waals surface area contributed by atoms with E-state index < -0.39 is 0 Å². The van der Waals surface area contributed by atoms with Gasteiger partial charge >= 0.3 is 0 Å². The molecule has 0 radical (unpaired) electrons. The normalized spacial score (nSPS) is 18.3. The smallest absolute Gasteiger partial charge is 0.283 e. The maximum Gasteiger partial charge on any atom is 0.283 e. The molecule has 0 bridgehead atoms. The standard InChI is InChI=1S/C17H22N6O2/c1-11-6-8-24-16(11)17-20-19-15(25-17)10-22-7-4-5-14(22)9-23-13(3)18-12(2)21-23/h6,8,14H,4-5,7,9-10H2,1-3H3. The van der Waals surface area contributed by atoms with Crippen molar-refractivity contribution < 1.29 is 8.83 Å². The van der Waals surface area contributed by atoms with Gasteiger partial charge in [-0.25, -0.2) is 9.67 Å². The van der Waals surface area contributed by atoms with Crippen molar-refractivity contribution in [3.05, 3.63) is 35.4 Å². The summed E-state index contributed by atoms with van der Waals surface area (Å²) in [6.07, 6.45) is 3.93. The van der Waals surface area contributed by atoms with Crippen LogP contribution < -0.4 is 0 Å². The Balaban J connectivity index is 1.46. The van der Waals surface area contributed by atoms with Crippen LogP contribution in [0, 0.1) is 20.8 Å². The van der Waals surface area contributed by atoms with Gasteiger partial charge in [-0.1, -0.05) is 0 Å². The predicted molar refractivity (Wildman–Crippen MR) is 89.7 cm³/mol. The highest BCUT2D eigenvalue weighted by atomic mass is 16.4. The summed E-state index contributed by atoms with van der Waals surface area (Å²) >= 11 is 0. The lowest BCUT2D eigenvalue weighted by Crippen LogP contribution is -2.33. The largest absolute Gasteiger partial charge is 0.459 e. The number of hydrogen-bond acceptors (Lipinski definition) is 7. The van der Waals surface area contributed by atoms with Crippen LogP contribution in [0.4, 0.5) is 0 Å². The van der Waals surface area contributed by atoms with Crippen LogP contribution >= 0.6 is 0 Å². The third-order valence-corrected chi connectivity index (χ3v) is 4.71. The molecule has 8 nitrogen and oxygen atoms in total. The molecule has 3 aromatic rings. The molecule has 1 saturated heterocycles. The average Bonchev–Trinajstić information content (AvgIpc) is 3.32. The van der Waals surface area contributed by atoms with Gasteiger partial charge in [0.2, 0.25) is 5.89 Å². The molecule has 0 spiro atoms. The van der Waals surface area contributed by atoms with Crippen LogP contribution in [0.5, 0.6) is 0 Å². The number of furan rings is 1. The summed E-state index contributed by atoms with van der Waals surface area (Å²) in [6, 6.07) is 2.29. The average molecular weight is 342 g/mol. The molecule has 1 aliphatic rings. The molecule has 4 heterocycles. The van der Waals surface area contributed by atoms with Gasteiger partial charge in [-0.3, -0.25) is 4.90 Å². The third-order valence-electron chi connectivity index (χ3n) is 4.71. The van der Waals surface area contributed by atoms with Gasteiger partial charge in [0.05, 0.1) is 19.4 Å². The molecule has 25 heavy (non-hydrogen) atoms. The second-order valence-electron chi connectivity index (χ2n) is 6.59. The minimum Gasteiger partial charge on any atom is -0.459 e. The van der Waals surface area contributed by atoms with E-state index in [1.165, 1.54) is 0 Å². The Morgan fingerprint density at radius 3 is 2.84 bits per heavy atom. The van der Waals surface area contributed by atoms with Gasteiger partial charge in [0, 0.05) is 11.6 Å². The molecular weight excluding hydrogens is 320 g/mol. The first kappa shape index (κ1) is 16.0. The highest BCUT2D eigenvalue weighted by molar-refractivity contribution is 5.49. The number of aryl methyl sites for hydroxylation is 3. The van der Waals surface area contributed by atoms with Crippen molar-refractivity contribution in [2.45, 2.75) is 52.7 Å². The van der Waals surface area contributed by atoms with Crippen LogP contribution in [-0.2, 0) is 13.1 Å².